The standard InChI is InChI=1S/C10H15F3N4/c1-4-17(5-10(11,12)13)9-7(2)8(14-3)15-6-16-9/h6H,4-5H2,1-3H3,(H,14,15,16). The first-order valence-corrected chi connectivity index (χ1v) is 5.20. The third kappa shape index (κ3) is 3.47. The zero-order chi connectivity index (χ0) is 13.1. The van der Waals surface area contributed by atoms with Crippen LogP contribution in [0.2, 0.25) is 0 Å². The van der Waals surface area contributed by atoms with Crippen molar-refractivity contribution in [3.63, 3.8) is 0 Å². The number of nitrogens with one attached hydrogen (secondary N) is 1. The molecule has 0 amide bonds. The van der Waals surface area contributed by atoms with E-state index < -0.39 is 12.7 Å². The summed E-state index contributed by atoms with van der Waals surface area (Å²) in [5, 5.41) is 2.82. The van der Waals surface area contributed by atoms with Gasteiger partial charge in [0.05, 0.1) is 0 Å². The molecule has 96 valence electrons. The van der Waals surface area contributed by atoms with Crippen molar-refractivity contribution in [2.24, 2.45) is 0 Å². The summed E-state index contributed by atoms with van der Waals surface area (Å²) in [5.74, 6) is 0.847. The second kappa shape index (κ2) is 5.20. The number of aromatic nitrogens is 2. The van der Waals surface area contributed by atoms with Crippen LogP contribution in [0.4, 0.5) is 24.8 Å². The van der Waals surface area contributed by atoms with Gasteiger partial charge < -0.3 is 10.2 Å². The van der Waals surface area contributed by atoms with Crippen LogP contribution in [0, 0.1) is 6.92 Å². The third-order valence-electron chi connectivity index (χ3n) is 2.35. The zero-order valence-corrected chi connectivity index (χ0v) is 9.97. The first-order valence-electron chi connectivity index (χ1n) is 5.20. The molecule has 1 aromatic heterocycles. The lowest BCUT2D eigenvalue weighted by Gasteiger charge is -2.25. The van der Waals surface area contributed by atoms with E-state index in [1.165, 1.54) is 11.2 Å². The quantitative estimate of drug-likeness (QED) is 0.887. The van der Waals surface area contributed by atoms with Crippen LogP contribution in [0.1, 0.15) is 12.5 Å². The van der Waals surface area contributed by atoms with E-state index in [0.717, 1.165) is 0 Å². The van der Waals surface area contributed by atoms with Gasteiger partial charge in [-0.15, -0.1) is 0 Å². The minimum Gasteiger partial charge on any atom is -0.373 e. The van der Waals surface area contributed by atoms with Crippen molar-refractivity contribution >= 4 is 11.6 Å². The largest absolute Gasteiger partial charge is 0.405 e. The van der Waals surface area contributed by atoms with Crippen LogP contribution in [0.15, 0.2) is 6.33 Å². The molecule has 1 aromatic rings. The lowest BCUT2D eigenvalue weighted by molar-refractivity contribution is -0.119. The van der Waals surface area contributed by atoms with E-state index in [9.17, 15) is 13.2 Å². The molecule has 0 saturated heterocycles. The Morgan fingerprint density at radius 2 is 2.00 bits per heavy atom. The van der Waals surface area contributed by atoms with E-state index in [2.05, 4.69) is 15.3 Å². The van der Waals surface area contributed by atoms with Crippen molar-refractivity contribution < 1.29 is 13.2 Å². The Morgan fingerprint density at radius 3 is 2.47 bits per heavy atom. The van der Waals surface area contributed by atoms with Gasteiger partial charge in [-0.2, -0.15) is 13.2 Å². The first-order chi connectivity index (χ1) is 7.89. The molecule has 1 rings (SSSR count). The maximum atomic E-state index is 12.4. The fourth-order valence-electron chi connectivity index (χ4n) is 1.56. The van der Waals surface area contributed by atoms with Gasteiger partial charge in [-0.05, 0) is 13.8 Å². The van der Waals surface area contributed by atoms with Crippen molar-refractivity contribution in [3.05, 3.63) is 11.9 Å². The number of hydrogen-bond donors (Lipinski definition) is 1. The monoisotopic (exact) mass is 248 g/mol. The third-order valence-corrected chi connectivity index (χ3v) is 2.35. The molecule has 0 aliphatic carbocycles. The molecule has 0 unspecified atom stereocenters. The average molecular weight is 248 g/mol. The van der Waals surface area contributed by atoms with Crippen LogP contribution in [0.3, 0.4) is 0 Å². The molecule has 0 spiro atoms. The lowest BCUT2D eigenvalue weighted by Crippen LogP contribution is -2.35. The molecule has 0 radical (unpaired) electrons. The van der Waals surface area contributed by atoms with Crippen molar-refractivity contribution in [2.75, 3.05) is 30.4 Å². The number of hydrogen-bond acceptors (Lipinski definition) is 4. The van der Waals surface area contributed by atoms with Gasteiger partial charge in [0.2, 0.25) is 0 Å². The predicted octanol–water partition coefficient (Wildman–Crippen LogP) is 2.22. The SMILES string of the molecule is CCN(CC(F)(F)F)c1ncnc(NC)c1C. The number of rotatable bonds is 4. The molecule has 0 saturated carbocycles. The van der Waals surface area contributed by atoms with Crippen LogP contribution < -0.4 is 10.2 Å². The summed E-state index contributed by atoms with van der Waals surface area (Å²) in [7, 11) is 1.67. The summed E-state index contributed by atoms with van der Waals surface area (Å²) in [6, 6.07) is 0. The second-order valence-electron chi connectivity index (χ2n) is 3.55. The Labute approximate surface area is 97.9 Å². The van der Waals surface area contributed by atoms with Crippen molar-refractivity contribution in [3.8, 4) is 0 Å². The molecule has 0 atom stereocenters. The van der Waals surface area contributed by atoms with Crippen LogP contribution in [-0.2, 0) is 0 Å². The average Bonchev–Trinajstić information content (AvgIpc) is 2.25. The summed E-state index contributed by atoms with van der Waals surface area (Å²) >= 11 is 0. The minimum absolute atomic E-state index is 0.237. The van der Waals surface area contributed by atoms with E-state index >= 15 is 0 Å². The van der Waals surface area contributed by atoms with Gasteiger partial charge in [0.15, 0.2) is 0 Å². The van der Waals surface area contributed by atoms with E-state index in [0.29, 0.717) is 17.2 Å². The van der Waals surface area contributed by atoms with Crippen molar-refractivity contribution in [1.82, 2.24) is 9.97 Å². The summed E-state index contributed by atoms with van der Waals surface area (Å²) < 4.78 is 37.2. The van der Waals surface area contributed by atoms with Gasteiger partial charge in [-0.25, -0.2) is 9.97 Å². The van der Waals surface area contributed by atoms with Gasteiger partial charge >= 0.3 is 6.18 Å². The van der Waals surface area contributed by atoms with E-state index in [4.69, 9.17) is 0 Å². The fraction of sp³-hybridized carbons (Fsp3) is 0.600. The highest BCUT2D eigenvalue weighted by atomic mass is 19.4. The molecular weight excluding hydrogens is 233 g/mol. The Hall–Kier alpha value is -1.53. The molecule has 1 N–H and O–H groups in total. The molecule has 0 aromatic carbocycles. The number of nitrogens with zero attached hydrogens (tertiary/aromatic N) is 3. The molecule has 1 heterocycles. The number of halogens is 3. The molecular formula is C10H15F3N4. The zero-order valence-electron chi connectivity index (χ0n) is 9.97. The summed E-state index contributed by atoms with van der Waals surface area (Å²) in [6.45, 7) is 2.58. The molecule has 0 aliphatic heterocycles. The highest BCUT2D eigenvalue weighted by Crippen LogP contribution is 2.25. The Kier molecular flexibility index (Phi) is 4.14. The molecule has 4 nitrogen and oxygen atoms in total. The topological polar surface area (TPSA) is 41.1 Å². The maximum Gasteiger partial charge on any atom is 0.405 e. The first kappa shape index (κ1) is 13.5. The van der Waals surface area contributed by atoms with Crippen molar-refractivity contribution in [2.45, 2.75) is 20.0 Å². The Balaban J connectivity index is 3.04. The lowest BCUT2D eigenvalue weighted by atomic mass is 10.3. The molecule has 0 fully saturated rings. The van der Waals surface area contributed by atoms with Crippen LogP contribution >= 0.6 is 0 Å². The van der Waals surface area contributed by atoms with Crippen LogP contribution in [0.25, 0.3) is 0 Å². The predicted molar refractivity (Wildman–Crippen MR) is 60.3 cm³/mol. The maximum absolute atomic E-state index is 12.4. The summed E-state index contributed by atoms with van der Waals surface area (Å²) in [4.78, 5) is 9.04. The number of anilines is 2. The highest BCUT2D eigenvalue weighted by Gasteiger charge is 2.31. The smallest absolute Gasteiger partial charge is 0.373 e. The van der Waals surface area contributed by atoms with Crippen LogP contribution in [-0.4, -0.2) is 36.3 Å². The normalized spacial score (nSPS) is 11.4. The van der Waals surface area contributed by atoms with E-state index in [1.54, 1.807) is 20.9 Å². The van der Waals surface area contributed by atoms with Gasteiger partial charge in [0.25, 0.3) is 0 Å². The minimum atomic E-state index is -4.24. The van der Waals surface area contributed by atoms with E-state index in [1.807, 2.05) is 0 Å². The van der Waals surface area contributed by atoms with Gasteiger partial charge in [-0.1, -0.05) is 0 Å². The molecule has 17 heavy (non-hydrogen) atoms. The highest BCUT2D eigenvalue weighted by molar-refractivity contribution is 5.57. The molecule has 0 bridgehead atoms. The Bertz CT molecular complexity index is 378. The Morgan fingerprint density at radius 1 is 1.35 bits per heavy atom. The molecule has 0 aliphatic rings. The number of alkyl halides is 3. The fourth-order valence-corrected chi connectivity index (χ4v) is 1.56. The van der Waals surface area contributed by atoms with Crippen LogP contribution in [0.5, 0.6) is 0 Å². The molecule has 7 heteroatoms. The van der Waals surface area contributed by atoms with Crippen molar-refractivity contribution in [1.29, 1.82) is 0 Å². The van der Waals surface area contributed by atoms with Gasteiger partial charge in [-0.3, -0.25) is 0 Å². The van der Waals surface area contributed by atoms with Gasteiger partial charge in [0, 0.05) is 19.2 Å². The van der Waals surface area contributed by atoms with E-state index in [-0.39, 0.29) is 6.54 Å². The summed E-state index contributed by atoms with van der Waals surface area (Å²) in [5.41, 5.74) is 0.612. The second-order valence-corrected chi connectivity index (χ2v) is 3.55. The summed E-state index contributed by atoms with van der Waals surface area (Å²) in [6.07, 6.45) is -2.99. The van der Waals surface area contributed by atoms with Gasteiger partial charge in [0.1, 0.15) is 24.5 Å².